The normalized spacial score (nSPS) is 30.7. The molecule has 31 heavy (non-hydrogen) atoms. The largest absolute Gasteiger partial charge is 0.388 e. The molecule has 3 N–H and O–H groups in total. The van der Waals surface area contributed by atoms with Gasteiger partial charge >= 0.3 is 0 Å². The van der Waals surface area contributed by atoms with Crippen LogP contribution in [0.1, 0.15) is 29.6 Å². The Morgan fingerprint density at radius 1 is 1.19 bits per heavy atom. The molecule has 4 heterocycles. The van der Waals surface area contributed by atoms with Crippen LogP contribution in [0.3, 0.4) is 0 Å². The highest BCUT2D eigenvalue weighted by molar-refractivity contribution is 9.10. The van der Waals surface area contributed by atoms with E-state index in [1.54, 1.807) is 24.0 Å². The molecule has 2 saturated heterocycles. The van der Waals surface area contributed by atoms with Crippen LogP contribution in [0.2, 0.25) is 0 Å². The average Bonchev–Trinajstić information content (AvgIpc) is 3.18. The summed E-state index contributed by atoms with van der Waals surface area (Å²) in [6, 6.07) is 10.8. The van der Waals surface area contributed by atoms with Crippen molar-refractivity contribution in [1.29, 1.82) is 0 Å². The zero-order valence-corrected chi connectivity index (χ0v) is 18.3. The van der Waals surface area contributed by atoms with Crippen molar-refractivity contribution in [3.8, 4) is 5.69 Å². The molecule has 2 aromatic heterocycles. The number of nitrogens with two attached hydrogens (primary N) is 1. The van der Waals surface area contributed by atoms with E-state index in [0.29, 0.717) is 17.3 Å². The number of halogens is 1. The number of aryl methyl sites for hydroxylation is 1. The van der Waals surface area contributed by atoms with Gasteiger partial charge in [-0.25, -0.2) is 9.67 Å². The van der Waals surface area contributed by atoms with Crippen LogP contribution in [0.4, 0.5) is 0 Å². The second kappa shape index (κ2) is 8.38. The van der Waals surface area contributed by atoms with Crippen molar-refractivity contribution in [1.82, 2.24) is 19.7 Å². The second-order valence-electron chi connectivity index (χ2n) is 7.63. The maximum Gasteiger partial charge on any atom is 0.184 e. The zero-order chi connectivity index (χ0) is 21.5. The Morgan fingerprint density at radius 2 is 2.00 bits per heavy atom. The summed E-state index contributed by atoms with van der Waals surface area (Å²) in [7, 11) is 0. The van der Waals surface area contributed by atoms with Crippen LogP contribution in [0.25, 0.3) is 5.69 Å². The van der Waals surface area contributed by atoms with Crippen molar-refractivity contribution in [2.75, 3.05) is 6.61 Å². The third-order valence-electron chi connectivity index (χ3n) is 5.46. The fourth-order valence-electron chi connectivity index (χ4n) is 3.99. The number of pyridine rings is 1. The Morgan fingerprint density at radius 3 is 2.77 bits per heavy atom. The number of benzene rings is 1. The van der Waals surface area contributed by atoms with Gasteiger partial charge in [-0.05, 0) is 28.9 Å². The molecule has 1 aromatic carbocycles. The molecule has 0 aliphatic carbocycles. The number of aromatic nitrogens is 4. The van der Waals surface area contributed by atoms with E-state index in [-0.39, 0.29) is 6.61 Å². The number of rotatable bonds is 3. The van der Waals surface area contributed by atoms with Crippen LogP contribution in [0, 0.1) is 6.92 Å². The highest BCUT2D eigenvalue weighted by Gasteiger charge is 2.49. The van der Waals surface area contributed by atoms with E-state index in [4.69, 9.17) is 19.9 Å². The van der Waals surface area contributed by atoms with Gasteiger partial charge in [-0.3, -0.25) is 4.98 Å². The van der Waals surface area contributed by atoms with Crippen LogP contribution in [-0.4, -0.2) is 55.8 Å². The molecule has 5 rings (SSSR count). The van der Waals surface area contributed by atoms with E-state index < -0.39 is 36.7 Å². The molecule has 10 heteroatoms. The topological polar surface area (TPSA) is 118 Å². The van der Waals surface area contributed by atoms with Gasteiger partial charge in [0.2, 0.25) is 0 Å². The Bertz CT molecular complexity index is 1060. The van der Waals surface area contributed by atoms with Crippen molar-refractivity contribution in [3.63, 3.8) is 0 Å². The van der Waals surface area contributed by atoms with E-state index in [2.05, 4.69) is 31.0 Å². The van der Waals surface area contributed by atoms with E-state index in [9.17, 15) is 5.11 Å². The SMILES string of the molecule is Cc1nc([C@@H]2O[C@@H]3COC(c4ccccc4)O[C@@H]3[C@H](N)[C@H]2O)n(-c2cncc(Br)c2)n1. The van der Waals surface area contributed by atoms with Gasteiger partial charge in [-0.2, -0.15) is 5.10 Å². The first kappa shape index (κ1) is 20.7. The average molecular weight is 488 g/mol. The fraction of sp³-hybridized carbons (Fsp3) is 0.381. The molecule has 2 fully saturated rings. The first-order valence-electron chi connectivity index (χ1n) is 9.97. The number of ether oxygens (including phenoxy) is 3. The van der Waals surface area contributed by atoms with Gasteiger partial charge in [-0.1, -0.05) is 30.3 Å². The van der Waals surface area contributed by atoms with Crippen LogP contribution >= 0.6 is 15.9 Å². The molecular formula is C21H22BrN5O4. The predicted octanol–water partition coefficient (Wildman–Crippen LogP) is 1.98. The highest BCUT2D eigenvalue weighted by atomic mass is 79.9. The van der Waals surface area contributed by atoms with Crippen molar-refractivity contribution in [3.05, 3.63) is 70.5 Å². The van der Waals surface area contributed by atoms with Gasteiger partial charge in [0.25, 0.3) is 0 Å². The molecule has 1 unspecified atom stereocenters. The quantitative estimate of drug-likeness (QED) is 0.575. The van der Waals surface area contributed by atoms with Crippen molar-refractivity contribution < 1.29 is 19.3 Å². The van der Waals surface area contributed by atoms with Crippen molar-refractivity contribution >= 4 is 15.9 Å². The summed E-state index contributed by atoms with van der Waals surface area (Å²) in [5, 5.41) is 15.5. The van der Waals surface area contributed by atoms with Gasteiger partial charge in [0.1, 0.15) is 30.2 Å². The van der Waals surface area contributed by atoms with Gasteiger partial charge in [-0.15, -0.1) is 0 Å². The Kier molecular flexibility index (Phi) is 5.59. The van der Waals surface area contributed by atoms with E-state index in [0.717, 1.165) is 10.0 Å². The number of hydrogen-bond acceptors (Lipinski definition) is 8. The Hall–Kier alpha value is -2.21. The lowest BCUT2D eigenvalue weighted by molar-refractivity contribution is -0.309. The fourth-order valence-corrected chi connectivity index (χ4v) is 4.34. The minimum Gasteiger partial charge on any atom is -0.388 e. The van der Waals surface area contributed by atoms with Crippen LogP contribution in [0.5, 0.6) is 0 Å². The summed E-state index contributed by atoms with van der Waals surface area (Å²) < 4.78 is 20.6. The zero-order valence-electron chi connectivity index (χ0n) is 16.7. The lowest BCUT2D eigenvalue weighted by atomic mass is 9.92. The van der Waals surface area contributed by atoms with E-state index in [1.165, 1.54) is 0 Å². The number of nitrogens with zero attached hydrogens (tertiary/aromatic N) is 4. The first-order valence-corrected chi connectivity index (χ1v) is 10.8. The maximum absolute atomic E-state index is 11.0. The summed E-state index contributed by atoms with van der Waals surface area (Å²) in [6.45, 7) is 2.06. The van der Waals surface area contributed by atoms with Gasteiger partial charge in [0, 0.05) is 16.2 Å². The highest BCUT2D eigenvalue weighted by Crippen LogP contribution is 2.38. The molecule has 2 aliphatic rings. The minimum absolute atomic E-state index is 0.284. The molecule has 3 aromatic rings. The summed E-state index contributed by atoms with van der Waals surface area (Å²) in [5.74, 6) is 0.991. The molecule has 0 spiro atoms. The smallest absolute Gasteiger partial charge is 0.184 e. The predicted molar refractivity (Wildman–Crippen MR) is 113 cm³/mol. The van der Waals surface area contributed by atoms with Crippen molar-refractivity contribution in [2.45, 2.75) is 43.7 Å². The Balaban J connectivity index is 1.42. The summed E-state index contributed by atoms with van der Waals surface area (Å²) in [6.07, 6.45) is -0.0176. The third kappa shape index (κ3) is 3.91. The summed E-state index contributed by atoms with van der Waals surface area (Å²) in [4.78, 5) is 8.70. The first-order chi connectivity index (χ1) is 15.0. The summed E-state index contributed by atoms with van der Waals surface area (Å²) in [5.41, 5.74) is 8.02. The molecular weight excluding hydrogens is 466 g/mol. The lowest BCUT2D eigenvalue weighted by Gasteiger charge is -2.46. The van der Waals surface area contributed by atoms with Crippen LogP contribution in [-0.2, 0) is 14.2 Å². The molecule has 162 valence electrons. The molecule has 9 nitrogen and oxygen atoms in total. The lowest BCUT2D eigenvalue weighted by Crippen LogP contribution is -2.62. The van der Waals surface area contributed by atoms with Crippen molar-refractivity contribution in [2.24, 2.45) is 5.73 Å². The van der Waals surface area contributed by atoms with E-state index >= 15 is 0 Å². The Labute approximate surface area is 187 Å². The third-order valence-corrected chi connectivity index (χ3v) is 5.90. The van der Waals surface area contributed by atoms with Gasteiger partial charge < -0.3 is 25.1 Å². The van der Waals surface area contributed by atoms with Crippen LogP contribution in [0.15, 0.2) is 53.3 Å². The summed E-state index contributed by atoms with van der Waals surface area (Å²) >= 11 is 3.42. The molecule has 0 amide bonds. The molecule has 0 saturated carbocycles. The number of aliphatic hydroxyl groups excluding tert-OH is 1. The molecule has 0 bridgehead atoms. The minimum atomic E-state index is -1.04. The maximum atomic E-state index is 11.0. The molecule has 2 aliphatic heterocycles. The number of fused-ring (bicyclic) bond motifs is 1. The van der Waals surface area contributed by atoms with Crippen LogP contribution < -0.4 is 5.73 Å². The monoisotopic (exact) mass is 487 g/mol. The van der Waals surface area contributed by atoms with Gasteiger partial charge in [0.15, 0.2) is 12.1 Å². The standard InChI is InChI=1S/C21H22BrN5O4/c1-11-25-20(27(26-11)14-7-13(22)8-24-9-14)19-17(28)16(23)18-15(30-19)10-29-21(31-18)12-5-3-2-4-6-12/h2-9,15-19,21,28H,10,23H2,1H3/t15-,16-,17-,18+,19-,21?/m1/s1. The second-order valence-corrected chi connectivity index (χ2v) is 8.55. The molecule has 6 atom stereocenters. The van der Waals surface area contributed by atoms with E-state index in [1.807, 2.05) is 36.4 Å². The molecule has 0 radical (unpaired) electrons. The number of hydrogen-bond donors (Lipinski definition) is 2. The number of aliphatic hydroxyl groups is 1. The van der Waals surface area contributed by atoms with Gasteiger partial charge in [0.05, 0.1) is 24.5 Å².